The van der Waals surface area contributed by atoms with Gasteiger partial charge in [0.2, 0.25) is 5.91 Å². The number of carbonyl (C=O) groups excluding carboxylic acids is 3. The molecule has 7 nitrogen and oxygen atoms in total. The number of hydrogen-bond acceptors (Lipinski definition) is 6. The Morgan fingerprint density at radius 1 is 1.05 bits per heavy atom. The van der Waals surface area contributed by atoms with Crippen molar-refractivity contribution >= 4 is 69.3 Å². The molecule has 0 saturated carbocycles. The lowest BCUT2D eigenvalue weighted by Crippen LogP contribution is -2.30. The normalized spacial score (nSPS) is 12.0. The molecule has 1 unspecified atom stereocenters. The van der Waals surface area contributed by atoms with E-state index in [1.807, 2.05) is 25.3 Å². The first kappa shape index (κ1) is 30.0. The van der Waals surface area contributed by atoms with Gasteiger partial charge in [0.1, 0.15) is 11.5 Å². The number of nitrogens with zero attached hydrogens (tertiary/aromatic N) is 1. The minimum atomic E-state index is -0.681. The van der Waals surface area contributed by atoms with Crippen molar-refractivity contribution in [1.29, 1.82) is 0 Å². The molecule has 0 fully saturated rings. The third-order valence-corrected chi connectivity index (χ3v) is 8.26. The third-order valence-electron chi connectivity index (χ3n) is 5.70. The minimum absolute atomic E-state index is 0.0378. The maximum Gasteiger partial charge on any atom is 0.272 e. The SMILES string of the molecule is CCC(Sc1cccc(NC(=O)/C(=C\c2c(F)cccc2Cl)NC(=O)c2ccccc2)c1)C(=O)Nc1nc(C)cs1. The Morgan fingerprint density at radius 2 is 1.80 bits per heavy atom. The molecule has 0 radical (unpaired) electrons. The maximum atomic E-state index is 14.6. The Hall–Kier alpha value is -3.99. The lowest BCUT2D eigenvalue weighted by atomic mass is 10.1. The molecule has 1 aromatic heterocycles. The molecule has 0 aliphatic heterocycles. The predicted molar refractivity (Wildman–Crippen MR) is 164 cm³/mol. The molecule has 4 aromatic rings. The van der Waals surface area contributed by atoms with Gasteiger partial charge in [-0.15, -0.1) is 23.1 Å². The lowest BCUT2D eigenvalue weighted by Gasteiger charge is -2.15. The van der Waals surface area contributed by atoms with E-state index in [0.29, 0.717) is 22.8 Å². The molecule has 1 atom stereocenters. The second-order valence-corrected chi connectivity index (χ2v) is 11.3. The number of hydrogen-bond donors (Lipinski definition) is 3. The predicted octanol–water partition coefficient (Wildman–Crippen LogP) is 7.16. The van der Waals surface area contributed by atoms with Crippen molar-refractivity contribution in [2.45, 2.75) is 30.4 Å². The summed E-state index contributed by atoms with van der Waals surface area (Å²) in [4.78, 5) is 44.1. The number of thiazole rings is 1. The zero-order valence-electron chi connectivity index (χ0n) is 22.1. The fraction of sp³-hybridized carbons (Fsp3) is 0.133. The Balaban J connectivity index is 1.53. The summed E-state index contributed by atoms with van der Waals surface area (Å²) in [5.74, 6) is -2.04. The van der Waals surface area contributed by atoms with Crippen molar-refractivity contribution in [2.75, 3.05) is 10.6 Å². The van der Waals surface area contributed by atoms with Crippen LogP contribution in [0.5, 0.6) is 0 Å². The molecule has 0 aliphatic carbocycles. The second-order valence-electron chi connectivity index (χ2n) is 8.79. The second kappa shape index (κ2) is 14.1. The monoisotopic (exact) mass is 608 g/mol. The van der Waals surface area contributed by atoms with Crippen LogP contribution < -0.4 is 16.0 Å². The summed E-state index contributed by atoms with van der Waals surface area (Å²) in [7, 11) is 0. The van der Waals surface area contributed by atoms with Crippen LogP contribution in [-0.4, -0.2) is 28.0 Å². The number of thioether (sulfide) groups is 1. The summed E-state index contributed by atoms with van der Waals surface area (Å²) < 4.78 is 14.6. The Kier molecular flexibility index (Phi) is 10.3. The highest BCUT2D eigenvalue weighted by molar-refractivity contribution is 8.00. The zero-order chi connectivity index (χ0) is 29.4. The van der Waals surface area contributed by atoms with Crippen LogP contribution in [0.15, 0.2) is 88.8 Å². The summed E-state index contributed by atoms with van der Waals surface area (Å²) in [6.45, 7) is 3.77. The van der Waals surface area contributed by atoms with Gasteiger partial charge in [0.05, 0.1) is 16.0 Å². The van der Waals surface area contributed by atoms with Gasteiger partial charge in [0.15, 0.2) is 5.13 Å². The number of aromatic nitrogens is 1. The molecule has 11 heteroatoms. The minimum Gasteiger partial charge on any atom is -0.321 e. The number of anilines is 2. The van der Waals surface area contributed by atoms with Crippen molar-refractivity contribution in [3.8, 4) is 0 Å². The number of halogens is 2. The van der Waals surface area contributed by atoms with Crippen LogP contribution in [0.2, 0.25) is 5.02 Å². The number of amides is 3. The fourth-order valence-corrected chi connectivity index (χ4v) is 5.59. The van der Waals surface area contributed by atoms with Gasteiger partial charge in [-0.2, -0.15) is 0 Å². The smallest absolute Gasteiger partial charge is 0.272 e. The molecule has 4 rings (SSSR count). The van der Waals surface area contributed by atoms with Crippen LogP contribution in [0.1, 0.15) is 35.0 Å². The fourth-order valence-electron chi connectivity index (χ4n) is 3.66. The van der Waals surface area contributed by atoms with Crippen LogP contribution in [0, 0.1) is 12.7 Å². The van der Waals surface area contributed by atoms with Gasteiger partial charge in [-0.3, -0.25) is 14.4 Å². The molecular formula is C30H26ClFN4O3S2. The summed E-state index contributed by atoms with van der Waals surface area (Å²) >= 11 is 8.90. The van der Waals surface area contributed by atoms with Gasteiger partial charge in [0, 0.05) is 27.1 Å². The van der Waals surface area contributed by atoms with Crippen molar-refractivity contribution in [2.24, 2.45) is 0 Å². The molecule has 0 saturated heterocycles. The molecular weight excluding hydrogens is 583 g/mol. The summed E-state index contributed by atoms with van der Waals surface area (Å²) in [5, 5.41) is 10.3. The molecule has 1 heterocycles. The number of benzene rings is 3. The Bertz CT molecular complexity index is 1570. The largest absolute Gasteiger partial charge is 0.321 e. The average Bonchev–Trinajstić information content (AvgIpc) is 3.37. The van der Waals surface area contributed by atoms with Crippen LogP contribution in [0.4, 0.5) is 15.2 Å². The van der Waals surface area contributed by atoms with Crippen molar-refractivity contribution < 1.29 is 18.8 Å². The van der Waals surface area contributed by atoms with Crippen molar-refractivity contribution in [1.82, 2.24) is 10.3 Å². The van der Waals surface area contributed by atoms with Gasteiger partial charge < -0.3 is 16.0 Å². The third kappa shape index (κ3) is 8.26. The molecule has 0 aliphatic rings. The van der Waals surface area contributed by atoms with E-state index in [-0.39, 0.29) is 22.2 Å². The van der Waals surface area contributed by atoms with Crippen LogP contribution in [0.3, 0.4) is 0 Å². The van der Waals surface area contributed by atoms with Crippen LogP contribution in [-0.2, 0) is 9.59 Å². The van der Waals surface area contributed by atoms with Gasteiger partial charge >= 0.3 is 0 Å². The van der Waals surface area contributed by atoms with Crippen molar-refractivity contribution in [3.05, 3.63) is 112 Å². The van der Waals surface area contributed by atoms with E-state index in [1.165, 1.54) is 47.4 Å². The van der Waals surface area contributed by atoms with E-state index in [1.54, 1.807) is 48.5 Å². The quantitative estimate of drug-likeness (QED) is 0.131. The molecule has 3 N–H and O–H groups in total. The van der Waals surface area contributed by atoms with E-state index in [9.17, 15) is 18.8 Å². The van der Waals surface area contributed by atoms with E-state index >= 15 is 0 Å². The first-order chi connectivity index (χ1) is 19.7. The summed E-state index contributed by atoms with van der Waals surface area (Å²) in [5.41, 5.74) is 1.34. The van der Waals surface area contributed by atoms with Gasteiger partial charge in [-0.1, -0.05) is 48.9 Å². The molecule has 210 valence electrons. The number of aryl methyl sites for hydroxylation is 1. The Labute approximate surface area is 250 Å². The molecule has 41 heavy (non-hydrogen) atoms. The van der Waals surface area contributed by atoms with Gasteiger partial charge in [-0.05, 0) is 61.9 Å². The maximum absolute atomic E-state index is 14.6. The lowest BCUT2D eigenvalue weighted by molar-refractivity contribution is -0.116. The zero-order valence-corrected chi connectivity index (χ0v) is 24.5. The van der Waals surface area contributed by atoms with Crippen LogP contribution >= 0.6 is 34.7 Å². The average molecular weight is 609 g/mol. The molecule has 0 bridgehead atoms. The first-order valence-corrected chi connectivity index (χ1v) is 14.7. The molecule has 0 spiro atoms. The molecule has 3 amide bonds. The highest BCUT2D eigenvalue weighted by Crippen LogP contribution is 2.29. The summed E-state index contributed by atoms with van der Waals surface area (Å²) in [6.07, 6.45) is 1.77. The highest BCUT2D eigenvalue weighted by atomic mass is 35.5. The number of nitrogens with one attached hydrogen (secondary N) is 3. The number of rotatable bonds is 10. The Morgan fingerprint density at radius 3 is 2.49 bits per heavy atom. The van der Waals surface area contributed by atoms with E-state index in [0.717, 1.165) is 10.6 Å². The van der Waals surface area contributed by atoms with Crippen molar-refractivity contribution in [3.63, 3.8) is 0 Å². The standard InChI is InChI=1S/C30H26ClFN4O3S2/c1-3-26(29(39)36-30-33-18(2)17-40-30)41-21-12-7-11-20(15-21)34-28(38)25(16-22-23(31)13-8-14-24(22)32)35-27(37)19-9-5-4-6-10-19/h4-17,26H,3H2,1-2H3,(H,34,38)(H,35,37)(H,33,36,39)/b25-16+. The topological polar surface area (TPSA) is 100 Å². The van der Waals surface area contributed by atoms with E-state index in [2.05, 4.69) is 20.9 Å². The van der Waals surface area contributed by atoms with Crippen LogP contribution in [0.25, 0.3) is 6.08 Å². The van der Waals surface area contributed by atoms with Gasteiger partial charge in [0.25, 0.3) is 11.8 Å². The molecule has 3 aromatic carbocycles. The first-order valence-electron chi connectivity index (χ1n) is 12.6. The van der Waals surface area contributed by atoms with E-state index < -0.39 is 22.9 Å². The highest BCUT2D eigenvalue weighted by Gasteiger charge is 2.20. The number of carbonyl (C=O) groups is 3. The summed E-state index contributed by atoms with van der Waals surface area (Å²) in [6, 6.07) is 19.4. The van der Waals surface area contributed by atoms with E-state index in [4.69, 9.17) is 11.6 Å². The van der Waals surface area contributed by atoms with Gasteiger partial charge in [-0.25, -0.2) is 9.37 Å².